The minimum absolute atomic E-state index is 0.174. The van der Waals surface area contributed by atoms with Crippen LogP contribution in [-0.2, 0) is 17.8 Å². The molecule has 0 spiro atoms. The molecule has 1 atom stereocenters. The van der Waals surface area contributed by atoms with Crippen LogP contribution >= 0.6 is 11.3 Å². The van der Waals surface area contributed by atoms with Crippen LogP contribution in [0.2, 0.25) is 0 Å². The Hall–Kier alpha value is -2.85. The first-order valence-corrected chi connectivity index (χ1v) is 11.2. The number of thiophene rings is 1. The van der Waals surface area contributed by atoms with Crippen molar-refractivity contribution < 1.29 is 4.21 Å². The lowest BCUT2D eigenvalue weighted by Crippen LogP contribution is -2.23. The zero-order valence-corrected chi connectivity index (χ0v) is 17.2. The second-order valence-corrected chi connectivity index (χ2v) is 9.96. The predicted molar refractivity (Wildman–Crippen MR) is 114 cm³/mol. The van der Waals surface area contributed by atoms with Gasteiger partial charge < -0.3 is 10.7 Å². The normalized spacial score (nSPS) is 15.5. The molecule has 1 aliphatic carbocycles. The number of pyridine rings is 1. The first kappa shape index (κ1) is 18.2. The van der Waals surface area contributed by atoms with Crippen LogP contribution in [0.25, 0.3) is 32.7 Å². The third-order valence-electron chi connectivity index (χ3n) is 5.27. The van der Waals surface area contributed by atoms with E-state index in [4.69, 9.17) is 10.7 Å². The van der Waals surface area contributed by atoms with Gasteiger partial charge in [0.2, 0.25) is 0 Å². The fraction of sp³-hybridized carbons (Fsp3) is 0.263. The fourth-order valence-corrected chi connectivity index (χ4v) is 6.67. The lowest BCUT2D eigenvalue weighted by Gasteiger charge is -2.23. The van der Waals surface area contributed by atoms with E-state index in [1.165, 1.54) is 17.5 Å². The molecule has 3 N–H and O–H groups in total. The Morgan fingerprint density at radius 3 is 2.83 bits per heavy atom. The minimum atomic E-state index is -1.13. The number of fused-ring (bicyclic) bond motifs is 1. The van der Waals surface area contributed by atoms with Gasteiger partial charge in [0.05, 0.1) is 27.9 Å². The maximum Gasteiger partial charge on any atom is 0.344 e. The van der Waals surface area contributed by atoms with Crippen LogP contribution in [0, 0.1) is 0 Å². The highest BCUT2D eigenvalue weighted by molar-refractivity contribution is 7.88. The van der Waals surface area contributed by atoms with Crippen LogP contribution in [0.4, 0.5) is 5.69 Å². The van der Waals surface area contributed by atoms with Crippen LogP contribution in [0.3, 0.4) is 0 Å². The third-order valence-corrected chi connectivity index (χ3v) is 8.57. The number of nitrogens with two attached hydrogens (primary N) is 1. The number of aromatic nitrogens is 5. The Kier molecular flexibility index (Phi) is 4.32. The summed E-state index contributed by atoms with van der Waals surface area (Å²) in [6, 6.07) is 3.82. The first-order chi connectivity index (χ1) is 14.0. The van der Waals surface area contributed by atoms with Crippen molar-refractivity contribution in [1.29, 1.82) is 0 Å². The summed E-state index contributed by atoms with van der Waals surface area (Å²) in [5.41, 5.74) is 9.70. The van der Waals surface area contributed by atoms with E-state index in [0.29, 0.717) is 26.0 Å². The monoisotopic (exact) mass is 426 g/mol. The molecule has 1 aliphatic rings. The molecule has 0 aliphatic heterocycles. The third kappa shape index (κ3) is 2.99. The lowest BCUT2D eigenvalue weighted by atomic mass is 10.0. The summed E-state index contributed by atoms with van der Waals surface area (Å²) in [5, 5.41) is 5.24. The summed E-state index contributed by atoms with van der Waals surface area (Å²) >= 11 is 1.38. The number of nitrogens with one attached hydrogen (secondary N) is 1. The molecule has 10 heteroatoms. The number of nitrogens with zero attached hydrogens (tertiary/aromatic N) is 4. The van der Waals surface area contributed by atoms with Gasteiger partial charge in [-0.05, 0) is 25.0 Å². The number of hydrogen-bond acceptors (Lipinski definition) is 7. The largest absolute Gasteiger partial charge is 0.396 e. The zero-order chi connectivity index (χ0) is 20.1. The smallest absolute Gasteiger partial charge is 0.344 e. The maximum absolute atomic E-state index is 13.0. The molecule has 0 aromatic carbocycles. The van der Waals surface area contributed by atoms with Gasteiger partial charge in [-0.25, -0.2) is 14.8 Å². The van der Waals surface area contributed by atoms with Gasteiger partial charge in [-0.2, -0.15) is 5.10 Å². The van der Waals surface area contributed by atoms with Gasteiger partial charge in [0, 0.05) is 47.4 Å². The van der Waals surface area contributed by atoms with E-state index in [2.05, 4.69) is 15.1 Å². The van der Waals surface area contributed by atoms with Crippen LogP contribution in [-0.4, -0.2) is 34.2 Å². The SMILES string of the molecule is Cn1nccc1-c1cc(-c2cnc(=O)[nH]c2)nc2sc(S(=O)C3CCC3)c(N)c12. The standard InChI is InChI=1S/C19H18N6O2S2/c1-25-14(5-6-23-25)12-7-13(10-8-21-19(26)22-9-10)24-17-15(12)16(20)18(28-17)29(27)11-3-2-4-11/h5-9,11H,2-4,20H2,1H3,(H,21,22,26). The van der Waals surface area contributed by atoms with Gasteiger partial charge in [0.25, 0.3) is 0 Å². The van der Waals surface area contributed by atoms with Crippen molar-refractivity contribution in [2.45, 2.75) is 28.7 Å². The molecule has 0 radical (unpaired) electrons. The van der Waals surface area contributed by atoms with E-state index < -0.39 is 16.5 Å². The molecule has 29 heavy (non-hydrogen) atoms. The van der Waals surface area contributed by atoms with E-state index >= 15 is 0 Å². The highest BCUT2D eigenvalue weighted by Crippen LogP contribution is 2.44. The molecule has 4 heterocycles. The average molecular weight is 427 g/mol. The number of nitrogen functional groups attached to an aromatic ring is 1. The van der Waals surface area contributed by atoms with Crippen molar-refractivity contribution in [3.8, 4) is 22.5 Å². The number of aryl methyl sites for hydroxylation is 1. The summed E-state index contributed by atoms with van der Waals surface area (Å²) in [6.07, 6.45) is 7.85. The van der Waals surface area contributed by atoms with E-state index in [1.807, 2.05) is 19.2 Å². The molecule has 5 rings (SSSR count). The second-order valence-electron chi connectivity index (χ2n) is 7.04. The Morgan fingerprint density at radius 1 is 1.38 bits per heavy atom. The number of rotatable bonds is 4. The van der Waals surface area contributed by atoms with E-state index in [1.54, 1.807) is 17.1 Å². The molecule has 0 saturated heterocycles. The fourth-order valence-electron chi connectivity index (χ4n) is 3.46. The predicted octanol–water partition coefficient (Wildman–Crippen LogP) is 2.69. The summed E-state index contributed by atoms with van der Waals surface area (Å²) in [5.74, 6) is 0. The lowest BCUT2D eigenvalue weighted by molar-refractivity contribution is 0.505. The number of hydrogen-bond donors (Lipinski definition) is 2. The molecule has 4 aromatic heterocycles. The molecule has 148 valence electrons. The molecule has 0 amide bonds. The van der Waals surface area contributed by atoms with Crippen LogP contribution < -0.4 is 11.4 Å². The van der Waals surface area contributed by atoms with Gasteiger partial charge in [-0.1, -0.05) is 6.42 Å². The van der Waals surface area contributed by atoms with Crippen molar-refractivity contribution in [1.82, 2.24) is 24.7 Å². The minimum Gasteiger partial charge on any atom is -0.396 e. The molecule has 8 nitrogen and oxygen atoms in total. The average Bonchev–Trinajstić information content (AvgIpc) is 3.23. The molecule has 1 unspecified atom stereocenters. The Bertz CT molecular complexity index is 1300. The van der Waals surface area contributed by atoms with Gasteiger partial charge in [0.1, 0.15) is 9.04 Å². The zero-order valence-electron chi connectivity index (χ0n) is 15.6. The second kappa shape index (κ2) is 6.89. The molecule has 1 saturated carbocycles. The van der Waals surface area contributed by atoms with Crippen molar-refractivity contribution in [2.24, 2.45) is 7.05 Å². The van der Waals surface area contributed by atoms with Gasteiger partial charge in [-0.15, -0.1) is 11.3 Å². The Morgan fingerprint density at radius 2 is 2.21 bits per heavy atom. The molecule has 4 aromatic rings. The number of H-pyrrole nitrogens is 1. The van der Waals surface area contributed by atoms with Crippen molar-refractivity contribution in [2.75, 3.05) is 5.73 Å². The van der Waals surface area contributed by atoms with E-state index in [9.17, 15) is 9.00 Å². The van der Waals surface area contributed by atoms with Gasteiger partial charge in [0.15, 0.2) is 0 Å². The van der Waals surface area contributed by atoms with Crippen LogP contribution in [0.1, 0.15) is 19.3 Å². The highest BCUT2D eigenvalue weighted by atomic mass is 32.2. The van der Waals surface area contributed by atoms with Crippen molar-refractivity contribution in [3.63, 3.8) is 0 Å². The molecular formula is C19H18N6O2S2. The van der Waals surface area contributed by atoms with Crippen LogP contribution in [0.15, 0.2) is 39.7 Å². The summed E-state index contributed by atoms with van der Waals surface area (Å²) < 4.78 is 15.5. The van der Waals surface area contributed by atoms with Crippen molar-refractivity contribution in [3.05, 3.63) is 41.2 Å². The van der Waals surface area contributed by atoms with E-state index in [-0.39, 0.29) is 5.25 Å². The molecule has 0 bridgehead atoms. The quantitative estimate of drug-likeness (QED) is 0.518. The summed E-state index contributed by atoms with van der Waals surface area (Å²) in [6.45, 7) is 0. The Labute approximate surface area is 172 Å². The summed E-state index contributed by atoms with van der Waals surface area (Å²) in [4.78, 5) is 23.2. The highest BCUT2D eigenvalue weighted by Gasteiger charge is 2.29. The number of anilines is 1. The summed E-state index contributed by atoms with van der Waals surface area (Å²) in [7, 11) is 0.731. The topological polar surface area (TPSA) is 120 Å². The molecular weight excluding hydrogens is 408 g/mol. The number of aromatic amines is 1. The van der Waals surface area contributed by atoms with E-state index in [0.717, 1.165) is 35.9 Å². The van der Waals surface area contributed by atoms with Gasteiger partial charge >= 0.3 is 5.69 Å². The van der Waals surface area contributed by atoms with Crippen molar-refractivity contribution >= 4 is 38.0 Å². The maximum atomic E-state index is 13.0. The Balaban J connectivity index is 1.77. The first-order valence-electron chi connectivity index (χ1n) is 9.20. The van der Waals surface area contributed by atoms with Gasteiger partial charge in [-0.3, -0.25) is 8.89 Å². The van der Waals surface area contributed by atoms with Crippen LogP contribution in [0.5, 0.6) is 0 Å². The molecule has 1 fully saturated rings.